The molecule has 1 aromatic rings. The van der Waals surface area contributed by atoms with Crippen molar-refractivity contribution >= 4 is 35.5 Å². The molecule has 172 valence electrons. The highest BCUT2D eigenvalue weighted by Gasteiger charge is 2.27. The molecule has 0 aliphatic carbocycles. The van der Waals surface area contributed by atoms with Crippen LogP contribution in [0.25, 0.3) is 0 Å². The molecule has 0 saturated heterocycles. The summed E-state index contributed by atoms with van der Waals surface area (Å²) in [4.78, 5) is 40.7. The summed E-state index contributed by atoms with van der Waals surface area (Å²) in [5.74, 6) is -1.62. The van der Waals surface area contributed by atoms with Gasteiger partial charge in [-0.05, 0) is 36.8 Å². The van der Waals surface area contributed by atoms with E-state index in [0.29, 0.717) is 31.6 Å². The quantitative estimate of drug-likeness (QED) is 0.123. The maximum atomic E-state index is 12.8. The van der Waals surface area contributed by atoms with E-state index in [0.717, 1.165) is 5.56 Å². The fraction of sp³-hybridized carbons (Fsp3) is 0.500. The Morgan fingerprint density at radius 3 is 2.29 bits per heavy atom. The van der Waals surface area contributed by atoms with Crippen LogP contribution in [0.4, 0.5) is 0 Å². The summed E-state index contributed by atoms with van der Waals surface area (Å²) >= 11 is 1.51. The molecule has 10 nitrogen and oxygen atoms in total. The number of thioether (sulfide) groups is 1. The summed E-state index contributed by atoms with van der Waals surface area (Å²) in [6, 6.07) is 6.16. The standard InChI is InChI=1S/C20H32N6O4S/c1-31-11-9-15(25-17(27)14(21)8-5-10-24-20(22)23)18(28)26-16(19(29)30)12-13-6-3-2-4-7-13/h2-4,6-7,14-16H,5,8-12,21H2,1H3,(H,25,27)(H,26,28)(H,29,30)(H4,22,23,24)/t14-,15-,16-/m0/s1. The molecule has 0 saturated carbocycles. The molecular weight excluding hydrogens is 420 g/mol. The number of benzene rings is 1. The van der Waals surface area contributed by atoms with E-state index in [1.54, 1.807) is 24.3 Å². The van der Waals surface area contributed by atoms with Crippen LogP contribution in [0.1, 0.15) is 24.8 Å². The number of carboxylic acid groups (broad SMARTS) is 1. The highest BCUT2D eigenvalue weighted by atomic mass is 32.2. The fourth-order valence-electron chi connectivity index (χ4n) is 2.76. The van der Waals surface area contributed by atoms with Crippen molar-refractivity contribution in [1.29, 1.82) is 0 Å². The Labute approximate surface area is 186 Å². The van der Waals surface area contributed by atoms with Crippen LogP contribution in [0.15, 0.2) is 35.3 Å². The van der Waals surface area contributed by atoms with Crippen LogP contribution in [0.2, 0.25) is 0 Å². The number of hydrogen-bond acceptors (Lipinski definition) is 6. The summed E-state index contributed by atoms with van der Waals surface area (Å²) in [5.41, 5.74) is 17.2. The van der Waals surface area contributed by atoms with Gasteiger partial charge in [-0.1, -0.05) is 30.3 Å². The molecule has 31 heavy (non-hydrogen) atoms. The van der Waals surface area contributed by atoms with Crippen LogP contribution in [0.3, 0.4) is 0 Å². The highest BCUT2D eigenvalue weighted by Crippen LogP contribution is 2.07. The first-order chi connectivity index (χ1) is 14.7. The zero-order chi connectivity index (χ0) is 23.2. The van der Waals surface area contributed by atoms with Crippen molar-refractivity contribution in [3.63, 3.8) is 0 Å². The minimum absolute atomic E-state index is 0.0321. The SMILES string of the molecule is CSCC[C@H](NC(=O)[C@@H](N)CCCN=C(N)N)C(=O)N[C@@H](Cc1ccccc1)C(=O)O. The van der Waals surface area contributed by atoms with Gasteiger partial charge in [0, 0.05) is 13.0 Å². The smallest absolute Gasteiger partial charge is 0.326 e. The van der Waals surface area contributed by atoms with E-state index in [9.17, 15) is 19.5 Å². The number of carboxylic acids is 1. The number of aliphatic imine (C=N–C) groups is 1. The first-order valence-corrected chi connectivity index (χ1v) is 11.3. The van der Waals surface area contributed by atoms with Gasteiger partial charge in [-0.3, -0.25) is 14.6 Å². The Morgan fingerprint density at radius 1 is 1.06 bits per heavy atom. The molecule has 0 fully saturated rings. The van der Waals surface area contributed by atoms with Gasteiger partial charge in [0.25, 0.3) is 0 Å². The van der Waals surface area contributed by atoms with Crippen LogP contribution in [-0.2, 0) is 20.8 Å². The number of rotatable bonds is 14. The van der Waals surface area contributed by atoms with Crippen LogP contribution >= 0.6 is 11.8 Å². The number of carbonyl (C=O) groups is 3. The van der Waals surface area contributed by atoms with Gasteiger partial charge in [0.2, 0.25) is 11.8 Å². The third-order valence-corrected chi connectivity index (χ3v) is 5.09. The number of aliphatic carboxylic acids is 1. The van der Waals surface area contributed by atoms with E-state index in [-0.39, 0.29) is 12.4 Å². The van der Waals surface area contributed by atoms with Gasteiger partial charge >= 0.3 is 5.97 Å². The second-order valence-electron chi connectivity index (χ2n) is 6.99. The van der Waals surface area contributed by atoms with E-state index in [4.69, 9.17) is 17.2 Å². The first kappa shape index (κ1) is 26.2. The number of carbonyl (C=O) groups excluding carboxylic acids is 2. The third-order valence-electron chi connectivity index (χ3n) is 4.45. The van der Waals surface area contributed by atoms with Crippen molar-refractivity contribution in [2.24, 2.45) is 22.2 Å². The molecule has 0 aliphatic rings. The molecule has 0 aliphatic heterocycles. The predicted molar refractivity (Wildman–Crippen MR) is 123 cm³/mol. The molecule has 11 heteroatoms. The lowest BCUT2D eigenvalue weighted by molar-refractivity contribution is -0.142. The van der Waals surface area contributed by atoms with E-state index in [1.165, 1.54) is 11.8 Å². The lowest BCUT2D eigenvalue weighted by Crippen LogP contribution is -2.55. The number of amides is 2. The topological polar surface area (TPSA) is 186 Å². The Morgan fingerprint density at radius 2 is 1.71 bits per heavy atom. The third kappa shape index (κ3) is 10.7. The number of nitrogens with zero attached hydrogens (tertiary/aromatic N) is 1. The largest absolute Gasteiger partial charge is 0.480 e. The van der Waals surface area contributed by atoms with Crippen LogP contribution < -0.4 is 27.8 Å². The Hall–Kier alpha value is -2.79. The van der Waals surface area contributed by atoms with Gasteiger partial charge in [0.1, 0.15) is 12.1 Å². The number of hydrogen-bond donors (Lipinski definition) is 6. The molecule has 2 amide bonds. The maximum absolute atomic E-state index is 12.8. The van der Waals surface area contributed by atoms with E-state index in [1.807, 2.05) is 12.3 Å². The van der Waals surface area contributed by atoms with E-state index < -0.39 is 35.9 Å². The van der Waals surface area contributed by atoms with E-state index >= 15 is 0 Å². The van der Waals surface area contributed by atoms with Crippen molar-refractivity contribution in [1.82, 2.24) is 10.6 Å². The normalized spacial score (nSPS) is 13.5. The molecule has 0 bridgehead atoms. The zero-order valence-corrected chi connectivity index (χ0v) is 18.4. The minimum atomic E-state index is -1.15. The van der Waals surface area contributed by atoms with Gasteiger partial charge < -0.3 is 32.9 Å². The molecule has 9 N–H and O–H groups in total. The van der Waals surface area contributed by atoms with Gasteiger partial charge in [-0.2, -0.15) is 11.8 Å². The summed E-state index contributed by atoms with van der Waals surface area (Å²) in [6.07, 6.45) is 3.20. The van der Waals surface area contributed by atoms with Crippen molar-refractivity contribution in [3.8, 4) is 0 Å². The highest BCUT2D eigenvalue weighted by molar-refractivity contribution is 7.98. The Kier molecular flexibility index (Phi) is 12.1. The second-order valence-corrected chi connectivity index (χ2v) is 7.97. The van der Waals surface area contributed by atoms with Gasteiger partial charge in [-0.15, -0.1) is 0 Å². The van der Waals surface area contributed by atoms with Crippen LogP contribution in [0.5, 0.6) is 0 Å². The van der Waals surface area contributed by atoms with Gasteiger partial charge in [0.15, 0.2) is 5.96 Å². The second kappa shape index (κ2) is 14.3. The predicted octanol–water partition coefficient (Wildman–Crippen LogP) is -0.583. The molecule has 0 spiro atoms. The van der Waals surface area contributed by atoms with Crippen molar-refractivity contribution < 1.29 is 19.5 Å². The molecule has 0 heterocycles. The summed E-state index contributed by atoms with van der Waals surface area (Å²) in [5, 5.41) is 14.7. The Bertz CT molecular complexity index is 742. The van der Waals surface area contributed by atoms with Crippen molar-refractivity contribution in [2.45, 2.75) is 43.8 Å². The van der Waals surface area contributed by atoms with Crippen LogP contribution in [0, 0.1) is 0 Å². The van der Waals surface area contributed by atoms with Crippen molar-refractivity contribution in [2.75, 3.05) is 18.6 Å². The van der Waals surface area contributed by atoms with Crippen LogP contribution in [-0.4, -0.2) is 65.5 Å². The zero-order valence-electron chi connectivity index (χ0n) is 17.6. The fourth-order valence-corrected chi connectivity index (χ4v) is 3.23. The average molecular weight is 453 g/mol. The average Bonchev–Trinajstić information content (AvgIpc) is 2.73. The molecule has 0 radical (unpaired) electrons. The summed E-state index contributed by atoms with van der Waals surface area (Å²) in [6.45, 7) is 0.347. The molecule has 3 atom stereocenters. The number of guanidine groups is 1. The Balaban J connectivity index is 2.72. The maximum Gasteiger partial charge on any atom is 0.326 e. The first-order valence-electron chi connectivity index (χ1n) is 9.92. The molecule has 0 unspecified atom stereocenters. The molecular formula is C20H32N6O4S. The number of nitrogens with one attached hydrogen (secondary N) is 2. The molecule has 1 aromatic carbocycles. The minimum Gasteiger partial charge on any atom is -0.480 e. The summed E-state index contributed by atoms with van der Waals surface area (Å²) in [7, 11) is 0. The van der Waals surface area contributed by atoms with E-state index in [2.05, 4.69) is 15.6 Å². The van der Waals surface area contributed by atoms with Gasteiger partial charge in [-0.25, -0.2) is 4.79 Å². The lowest BCUT2D eigenvalue weighted by atomic mass is 10.0. The number of nitrogens with two attached hydrogens (primary N) is 3. The molecule has 0 aromatic heterocycles. The molecule has 1 rings (SSSR count). The van der Waals surface area contributed by atoms with Crippen molar-refractivity contribution in [3.05, 3.63) is 35.9 Å². The summed E-state index contributed by atoms with van der Waals surface area (Å²) < 4.78 is 0. The van der Waals surface area contributed by atoms with Gasteiger partial charge in [0.05, 0.1) is 6.04 Å². The monoisotopic (exact) mass is 452 g/mol. The lowest BCUT2D eigenvalue weighted by Gasteiger charge is -2.23.